The van der Waals surface area contributed by atoms with Gasteiger partial charge in [-0.2, -0.15) is 0 Å². The fourth-order valence-corrected chi connectivity index (χ4v) is 3.37. The molecule has 2 rings (SSSR count). The van der Waals surface area contributed by atoms with Crippen LogP contribution in [0.5, 0.6) is 0 Å². The Balaban J connectivity index is 1.85. The van der Waals surface area contributed by atoms with Crippen molar-refractivity contribution >= 4 is 15.9 Å². The third-order valence-corrected chi connectivity index (χ3v) is 5.08. The zero-order valence-corrected chi connectivity index (χ0v) is 14.0. The number of piperidine rings is 1. The fraction of sp³-hybridized carbons (Fsp3) is 0.647. The second-order valence-corrected chi connectivity index (χ2v) is 7.63. The molecule has 1 nitrogen and oxygen atoms in total. The molecule has 0 amide bonds. The van der Waals surface area contributed by atoms with Crippen LogP contribution in [-0.2, 0) is 6.54 Å². The van der Waals surface area contributed by atoms with Gasteiger partial charge in [0.1, 0.15) is 0 Å². The van der Waals surface area contributed by atoms with Crippen molar-refractivity contribution in [3.8, 4) is 0 Å². The van der Waals surface area contributed by atoms with E-state index in [0.29, 0.717) is 10.7 Å². The van der Waals surface area contributed by atoms with Gasteiger partial charge in [0.05, 0.1) is 0 Å². The van der Waals surface area contributed by atoms with Crippen LogP contribution in [-0.4, -0.2) is 22.8 Å². The maximum atomic E-state index is 3.73. The zero-order valence-electron chi connectivity index (χ0n) is 12.4. The van der Waals surface area contributed by atoms with Gasteiger partial charge in [-0.25, -0.2) is 0 Å². The van der Waals surface area contributed by atoms with E-state index in [1.54, 1.807) is 0 Å². The van der Waals surface area contributed by atoms with Crippen LogP contribution < -0.4 is 0 Å². The fourth-order valence-electron chi connectivity index (χ4n) is 2.84. The van der Waals surface area contributed by atoms with E-state index in [9.17, 15) is 0 Å². The topological polar surface area (TPSA) is 3.24 Å². The van der Waals surface area contributed by atoms with Crippen LogP contribution in [0.2, 0.25) is 0 Å². The average molecular weight is 324 g/mol. The predicted molar refractivity (Wildman–Crippen MR) is 86.9 cm³/mol. The van der Waals surface area contributed by atoms with Gasteiger partial charge in [0.15, 0.2) is 0 Å². The quantitative estimate of drug-likeness (QED) is 0.719. The molecule has 0 N–H and O–H groups in total. The van der Waals surface area contributed by atoms with Gasteiger partial charge in [0.2, 0.25) is 0 Å². The number of halogens is 1. The van der Waals surface area contributed by atoms with Crippen molar-refractivity contribution in [1.82, 2.24) is 4.90 Å². The van der Waals surface area contributed by atoms with E-state index in [-0.39, 0.29) is 0 Å². The van der Waals surface area contributed by atoms with E-state index in [1.807, 2.05) is 0 Å². The summed E-state index contributed by atoms with van der Waals surface area (Å²) in [5.74, 6) is 1.49. The number of hydrogen-bond acceptors (Lipinski definition) is 1. The van der Waals surface area contributed by atoms with Crippen LogP contribution in [0.4, 0.5) is 0 Å². The molecule has 0 bridgehead atoms. The minimum Gasteiger partial charge on any atom is -0.299 e. The summed E-state index contributed by atoms with van der Waals surface area (Å²) in [5.41, 5.74) is 2.89. The highest BCUT2D eigenvalue weighted by Crippen LogP contribution is 2.26. The molecule has 106 valence electrons. The summed E-state index contributed by atoms with van der Waals surface area (Å²) < 4.78 is 0. The molecule has 0 aliphatic carbocycles. The Kier molecular flexibility index (Phi) is 5.47. The largest absolute Gasteiger partial charge is 0.299 e. The lowest BCUT2D eigenvalue weighted by molar-refractivity contribution is 0.178. The lowest BCUT2D eigenvalue weighted by Gasteiger charge is -2.33. The lowest BCUT2D eigenvalue weighted by Crippen LogP contribution is -2.35. The van der Waals surface area contributed by atoms with Crippen LogP contribution in [0.25, 0.3) is 0 Å². The summed E-state index contributed by atoms with van der Waals surface area (Å²) in [6.45, 7) is 10.4. The average Bonchev–Trinajstić information content (AvgIpc) is 2.40. The highest BCUT2D eigenvalue weighted by Gasteiger charge is 2.22. The van der Waals surface area contributed by atoms with Gasteiger partial charge in [-0.05, 0) is 48.9 Å². The van der Waals surface area contributed by atoms with Gasteiger partial charge in [0, 0.05) is 11.4 Å². The van der Waals surface area contributed by atoms with Crippen molar-refractivity contribution < 1.29 is 0 Å². The van der Waals surface area contributed by atoms with E-state index in [0.717, 1.165) is 12.5 Å². The molecule has 1 unspecified atom stereocenters. The normalized spacial score (nSPS) is 19.8. The molecule has 2 heteroatoms. The molecule has 1 aliphatic rings. The number of rotatable bonds is 4. The highest BCUT2D eigenvalue weighted by atomic mass is 79.9. The van der Waals surface area contributed by atoms with Crippen molar-refractivity contribution in [3.05, 3.63) is 35.4 Å². The molecule has 1 heterocycles. The summed E-state index contributed by atoms with van der Waals surface area (Å²) in [6.07, 6.45) is 2.66. The number of benzene rings is 1. The monoisotopic (exact) mass is 323 g/mol. The summed E-state index contributed by atoms with van der Waals surface area (Å²) in [7, 11) is 0. The molecule has 1 aromatic rings. The zero-order chi connectivity index (χ0) is 13.8. The summed E-state index contributed by atoms with van der Waals surface area (Å²) >= 11 is 3.73. The van der Waals surface area contributed by atoms with Crippen LogP contribution in [0.3, 0.4) is 0 Å². The third kappa shape index (κ3) is 4.32. The Bertz CT molecular complexity index is 375. The Labute approximate surface area is 126 Å². The van der Waals surface area contributed by atoms with Crippen LogP contribution in [0, 0.1) is 5.92 Å². The minimum atomic E-state index is 0.630. The molecule has 1 saturated heterocycles. The SMILES string of the molecule is CC(C)c1ccc(CN2CCC(C(C)Br)CC2)cc1. The molecule has 19 heavy (non-hydrogen) atoms. The van der Waals surface area contributed by atoms with Gasteiger partial charge in [0.25, 0.3) is 0 Å². The second kappa shape index (κ2) is 6.90. The van der Waals surface area contributed by atoms with Crippen LogP contribution in [0.15, 0.2) is 24.3 Å². The standard InChI is InChI=1S/C17H26BrN/c1-13(2)16-6-4-15(5-7-16)12-19-10-8-17(9-11-19)14(3)18/h4-7,13-14,17H,8-12H2,1-3H3. The summed E-state index contributed by atoms with van der Waals surface area (Å²) in [5, 5.41) is 0. The van der Waals surface area contributed by atoms with Crippen molar-refractivity contribution in [2.75, 3.05) is 13.1 Å². The number of nitrogens with zero attached hydrogens (tertiary/aromatic N) is 1. The summed E-state index contributed by atoms with van der Waals surface area (Å²) in [4.78, 5) is 3.26. The third-order valence-electron chi connectivity index (χ3n) is 4.33. The molecule has 0 aromatic heterocycles. The van der Waals surface area contributed by atoms with E-state index in [1.165, 1.54) is 37.1 Å². The van der Waals surface area contributed by atoms with Gasteiger partial charge < -0.3 is 0 Å². The molecular formula is C17H26BrN. The molecule has 1 fully saturated rings. The highest BCUT2D eigenvalue weighted by molar-refractivity contribution is 9.09. The first-order chi connectivity index (χ1) is 9.06. The molecular weight excluding hydrogens is 298 g/mol. The van der Waals surface area contributed by atoms with Crippen molar-refractivity contribution in [2.24, 2.45) is 5.92 Å². The van der Waals surface area contributed by atoms with Crippen LogP contribution in [0.1, 0.15) is 50.7 Å². The van der Waals surface area contributed by atoms with Gasteiger partial charge >= 0.3 is 0 Å². The Morgan fingerprint density at radius 3 is 2.16 bits per heavy atom. The molecule has 0 saturated carbocycles. The van der Waals surface area contributed by atoms with E-state index < -0.39 is 0 Å². The Morgan fingerprint density at radius 1 is 1.11 bits per heavy atom. The second-order valence-electron chi connectivity index (χ2n) is 6.19. The molecule has 0 radical (unpaired) electrons. The number of hydrogen-bond donors (Lipinski definition) is 0. The summed E-state index contributed by atoms with van der Waals surface area (Å²) in [6, 6.07) is 9.17. The number of alkyl halides is 1. The van der Waals surface area contributed by atoms with Crippen LogP contribution >= 0.6 is 15.9 Å². The molecule has 1 aromatic carbocycles. The first kappa shape index (κ1) is 15.1. The Morgan fingerprint density at radius 2 is 1.68 bits per heavy atom. The Hall–Kier alpha value is -0.340. The maximum Gasteiger partial charge on any atom is 0.0233 e. The van der Waals surface area contributed by atoms with Crippen molar-refractivity contribution in [1.29, 1.82) is 0 Å². The van der Waals surface area contributed by atoms with E-state index >= 15 is 0 Å². The van der Waals surface area contributed by atoms with Crippen molar-refractivity contribution in [2.45, 2.75) is 50.9 Å². The van der Waals surface area contributed by atoms with Gasteiger partial charge in [-0.3, -0.25) is 4.90 Å². The van der Waals surface area contributed by atoms with Gasteiger partial charge in [-0.15, -0.1) is 0 Å². The number of likely N-dealkylation sites (tertiary alicyclic amines) is 1. The minimum absolute atomic E-state index is 0.630. The smallest absolute Gasteiger partial charge is 0.0233 e. The predicted octanol–water partition coefficient (Wildman–Crippen LogP) is 4.81. The van der Waals surface area contributed by atoms with Gasteiger partial charge in [-0.1, -0.05) is 61.0 Å². The lowest BCUT2D eigenvalue weighted by atomic mass is 9.94. The van der Waals surface area contributed by atoms with Crippen molar-refractivity contribution in [3.63, 3.8) is 0 Å². The molecule has 1 aliphatic heterocycles. The van der Waals surface area contributed by atoms with E-state index in [4.69, 9.17) is 0 Å². The molecule has 0 spiro atoms. The first-order valence-corrected chi connectivity index (χ1v) is 8.43. The maximum absolute atomic E-state index is 3.73. The van der Waals surface area contributed by atoms with E-state index in [2.05, 4.69) is 65.9 Å². The first-order valence-electron chi connectivity index (χ1n) is 7.51. The molecule has 1 atom stereocenters.